The molecule has 3 nitrogen and oxygen atoms in total. The van der Waals surface area contributed by atoms with Crippen LogP contribution in [0.4, 0.5) is 0 Å². The zero-order valence-electron chi connectivity index (χ0n) is 10.3. The Bertz CT molecular complexity index is 414. The number of nitrogens with zero attached hydrogens (tertiary/aromatic N) is 1. The molecule has 5 heteroatoms. The second-order valence-electron chi connectivity index (χ2n) is 4.63. The van der Waals surface area contributed by atoms with Gasteiger partial charge in [-0.25, -0.2) is 0 Å². The molecule has 1 aromatic carbocycles. The summed E-state index contributed by atoms with van der Waals surface area (Å²) in [7, 11) is 0. The van der Waals surface area contributed by atoms with Crippen LogP contribution >= 0.6 is 23.2 Å². The van der Waals surface area contributed by atoms with Crippen molar-refractivity contribution < 1.29 is 9.84 Å². The lowest BCUT2D eigenvalue weighted by atomic mass is 10.1. The van der Waals surface area contributed by atoms with Gasteiger partial charge in [-0.3, -0.25) is 4.90 Å². The van der Waals surface area contributed by atoms with Gasteiger partial charge in [-0.05, 0) is 18.6 Å². The highest BCUT2D eigenvalue weighted by Crippen LogP contribution is 2.27. The van der Waals surface area contributed by atoms with Crippen molar-refractivity contribution in [3.63, 3.8) is 0 Å². The topological polar surface area (TPSA) is 32.7 Å². The monoisotopic (exact) mass is 289 g/mol. The van der Waals surface area contributed by atoms with E-state index in [0.717, 1.165) is 12.1 Å². The highest BCUT2D eigenvalue weighted by atomic mass is 35.5. The predicted molar refractivity (Wildman–Crippen MR) is 73.2 cm³/mol. The van der Waals surface area contributed by atoms with E-state index >= 15 is 0 Å². The molecule has 2 unspecified atom stereocenters. The number of benzene rings is 1. The summed E-state index contributed by atoms with van der Waals surface area (Å²) < 4.78 is 5.51. The van der Waals surface area contributed by atoms with Crippen LogP contribution in [-0.2, 0) is 11.3 Å². The van der Waals surface area contributed by atoms with Crippen LogP contribution in [0, 0.1) is 0 Å². The molecule has 0 aliphatic carbocycles. The van der Waals surface area contributed by atoms with Crippen molar-refractivity contribution in [2.75, 3.05) is 19.8 Å². The molecule has 2 rings (SSSR count). The first kappa shape index (κ1) is 14.1. The van der Waals surface area contributed by atoms with Gasteiger partial charge in [-0.2, -0.15) is 0 Å². The van der Waals surface area contributed by atoms with Gasteiger partial charge >= 0.3 is 0 Å². The molecule has 0 radical (unpaired) electrons. The van der Waals surface area contributed by atoms with Crippen LogP contribution in [0.1, 0.15) is 12.5 Å². The van der Waals surface area contributed by atoms with Gasteiger partial charge in [0.1, 0.15) is 0 Å². The van der Waals surface area contributed by atoms with Crippen molar-refractivity contribution in [1.82, 2.24) is 4.90 Å². The number of rotatable bonds is 3. The lowest BCUT2D eigenvalue weighted by Crippen LogP contribution is -2.48. The van der Waals surface area contributed by atoms with Crippen molar-refractivity contribution in [2.45, 2.75) is 25.6 Å². The molecule has 1 N–H and O–H groups in total. The Labute approximate surface area is 117 Å². The van der Waals surface area contributed by atoms with Gasteiger partial charge < -0.3 is 9.84 Å². The Kier molecular flexibility index (Phi) is 4.87. The summed E-state index contributed by atoms with van der Waals surface area (Å²) in [5, 5.41) is 10.3. The van der Waals surface area contributed by atoms with Crippen LogP contribution in [0.15, 0.2) is 18.2 Å². The number of ether oxygens (including phenoxy) is 1. The predicted octanol–water partition coefficient (Wildman–Crippen LogP) is 2.58. The summed E-state index contributed by atoms with van der Waals surface area (Å²) in [4.78, 5) is 2.25. The van der Waals surface area contributed by atoms with Crippen LogP contribution in [0.2, 0.25) is 10.0 Å². The molecule has 100 valence electrons. The van der Waals surface area contributed by atoms with E-state index in [1.54, 1.807) is 6.07 Å². The zero-order chi connectivity index (χ0) is 13.1. The molecule has 1 saturated heterocycles. The average Bonchev–Trinajstić information content (AvgIpc) is 2.37. The molecular formula is C13H17Cl2NO2. The van der Waals surface area contributed by atoms with E-state index in [1.807, 2.05) is 12.1 Å². The Balaban J connectivity index is 2.09. The highest BCUT2D eigenvalue weighted by Gasteiger charge is 2.26. The molecule has 1 fully saturated rings. The van der Waals surface area contributed by atoms with Crippen LogP contribution in [0.5, 0.6) is 0 Å². The van der Waals surface area contributed by atoms with Crippen LogP contribution in [0.25, 0.3) is 0 Å². The lowest BCUT2D eigenvalue weighted by molar-refractivity contribution is -0.0805. The smallest absolute Gasteiger partial charge is 0.0933 e. The van der Waals surface area contributed by atoms with Gasteiger partial charge in [-0.15, -0.1) is 0 Å². The summed E-state index contributed by atoms with van der Waals surface area (Å²) in [6.07, 6.45) is -0.112. The van der Waals surface area contributed by atoms with Crippen molar-refractivity contribution >= 4 is 23.2 Å². The van der Waals surface area contributed by atoms with Gasteiger partial charge in [0.25, 0.3) is 0 Å². The third-order valence-electron chi connectivity index (χ3n) is 3.24. The number of hydrogen-bond donors (Lipinski definition) is 1. The molecule has 2 atom stereocenters. The summed E-state index contributed by atoms with van der Waals surface area (Å²) >= 11 is 12.2. The van der Waals surface area contributed by atoms with Crippen molar-refractivity contribution in [3.8, 4) is 0 Å². The lowest BCUT2D eigenvalue weighted by Gasteiger charge is -2.37. The van der Waals surface area contributed by atoms with E-state index in [4.69, 9.17) is 33.0 Å². The summed E-state index contributed by atoms with van der Waals surface area (Å²) in [6, 6.07) is 5.97. The van der Waals surface area contributed by atoms with Gasteiger partial charge in [-0.1, -0.05) is 35.3 Å². The van der Waals surface area contributed by atoms with Gasteiger partial charge in [0, 0.05) is 19.1 Å². The minimum atomic E-state index is -0.112. The fourth-order valence-corrected chi connectivity index (χ4v) is 2.48. The molecule has 0 amide bonds. The largest absolute Gasteiger partial charge is 0.394 e. The standard InChI is InChI=1S/C13H17Cl2NO2/c1-9-8-18-11(7-17)6-16(9)5-10-3-2-4-12(14)13(10)15/h2-4,9,11,17H,5-8H2,1H3. The van der Waals surface area contributed by atoms with E-state index in [2.05, 4.69) is 11.8 Å². The Morgan fingerprint density at radius 1 is 1.44 bits per heavy atom. The van der Waals surface area contributed by atoms with Crippen molar-refractivity contribution in [1.29, 1.82) is 0 Å². The summed E-state index contributed by atoms with van der Waals surface area (Å²) in [5.74, 6) is 0. The normalized spacial score (nSPS) is 25.3. The third kappa shape index (κ3) is 3.16. The molecule has 0 bridgehead atoms. The fraction of sp³-hybridized carbons (Fsp3) is 0.538. The number of hydrogen-bond acceptors (Lipinski definition) is 3. The summed E-state index contributed by atoms with van der Waals surface area (Å²) in [5.41, 5.74) is 1.01. The SMILES string of the molecule is CC1COC(CO)CN1Cc1cccc(Cl)c1Cl. The van der Waals surface area contributed by atoms with Crippen molar-refractivity contribution in [3.05, 3.63) is 33.8 Å². The highest BCUT2D eigenvalue weighted by molar-refractivity contribution is 6.42. The molecule has 1 aromatic rings. The molecular weight excluding hydrogens is 273 g/mol. The maximum atomic E-state index is 9.16. The minimum Gasteiger partial charge on any atom is -0.394 e. The van der Waals surface area contributed by atoms with Crippen LogP contribution in [0.3, 0.4) is 0 Å². The van der Waals surface area contributed by atoms with Crippen molar-refractivity contribution in [2.24, 2.45) is 0 Å². The number of halogens is 2. The molecule has 1 aliphatic heterocycles. The Morgan fingerprint density at radius 2 is 2.22 bits per heavy atom. The first-order valence-electron chi connectivity index (χ1n) is 6.01. The molecule has 1 aliphatic rings. The van der Waals surface area contributed by atoms with E-state index in [0.29, 0.717) is 29.2 Å². The number of aliphatic hydroxyl groups excluding tert-OH is 1. The van der Waals surface area contributed by atoms with Crippen LogP contribution in [-0.4, -0.2) is 41.9 Å². The third-order valence-corrected chi connectivity index (χ3v) is 4.10. The first-order valence-corrected chi connectivity index (χ1v) is 6.76. The van der Waals surface area contributed by atoms with E-state index in [-0.39, 0.29) is 12.7 Å². The fourth-order valence-electron chi connectivity index (χ4n) is 2.10. The molecule has 1 heterocycles. The molecule has 0 aromatic heterocycles. The average molecular weight is 290 g/mol. The van der Waals surface area contributed by atoms with E-state index in [1.165, 1.54) is 0 Å². The molecule has 0 spiro atoms. The molecule has 0 saturated carbocycles. The Morgan fingerprint density at radius 3 is 2.94 bits per heavy atom. The van der Waals surface area contributed by atoms with Crippen LogP contribution < -0.4 is 0 Å². The van der Waals surface area contributed by atoms with Gasteiger partial charge in [0.15, 0.2) is 0 Å². The van der Waals surface area contributed by atoms with Gasteiger partial charge in [0.2, 0.25) is 0 Å². The molecule has 18 heavy (non-hydrogen) atoms. The summed E-state index contributed by atoms with van der Waals surface area (Å²) in [6.45, 7) is 4.21. The second-order valence-corrected chi connectivity index (χ2v) is 5.41. The Hall–Kier alpha value is -0.320. The quantitative estimate of drug-likeness (QED) is 0.928. The zero-order valence-corrected chi connectivity index (χ0v) is 11.8. The maximum Gasteiger partial charge on any atom is 0.0933 e. The van der Waals surface area contributed by atoms with Gasteiger partial charge in [0.05, 0.1) is 29.4 Å². The minimum absolute atomic E-state index is 0.0481. The first-order chi connectivity index (χ1) is 8.61. The van der Waals surface area contributed by atoms with E-state index in [9.17, 15) is 0 Å². The maximum absolute atomic E-state index is 9.16. The number of morpholine rings is 1. The second kappa shape index (κ2) is 6.22. The number of aliphatic hydroxyl groups is 1. The van der Waals surface area contributed by atoms with E-state index < -0.39 is 0 Å².